The van der Waals surface area contributed by atoms with Gasteiger partial charge in [0.15, 0.2) is 6.54 Å². The molecule has 4 N–H and O–H groups in total. The van der Waals surface area contributed by atoms with Crippen molar-refractivity contribution in [2.45, 2.75) is 62.2 Å². The zero-order valence-electron chi connectivity index (χ0n) is 30.1. The van der Waals surface area contributed by atoms with Crippen LogP contribution in [0.1, 0.15) is 63.0 Å². The second kappa shape index (κ2) is 18.1. The van der Waals surface area contributed by atoms with Gasteiger partial charge >= 0.3 is 5.97 Å². The summed E-state index contributed by atoms with van der Waals surface area (Å²) < 4.78 is 112. The van der Waals surface area contributed by atoms with Crippen molar-refractivity contribution in [2.75, 3.05) is 49.8 Å². The van der Waals surface area contributed by atoms with E-state index in [1.165, 1.54) is 18.4 Å². The van der Waals surface area contributed by atoms with Gasteiger partial charge in [0.25, 0.3) is 30.4 Å². The number of carboxylic acids is 1. The van der Waals surface area contributed by atoms with Crippen molar-refractivity contribution in [3.8, 4) is 11.3 Å². The first-order chi connectivity index (χ1) is 25.3. The van der Waals surface area contributed by atoms with Crippen molar-refractivity contribution in [2.24, 2.45) is 0 Å². The minimum absolute atomic E-state index is 0.0190. The fraction of sp³-hybridized carbons (Fsp3) is 0.444. The van der Waals surface area contributed by atoms with Crippen molar-refractivity contribution < 1.29 is 58.0 Å². The van der Waals surface area contributed by atoms with E-state index in [1.54, 1.807) is 19.2 Å². The number of benzene rings is 2. The number of aliphatic carboxylic acids is 1. The smallest absolute Gasteiger partial charge is 0.303 e. The lowest BCUT2D eigenvalue weighted by atomic mass is 9.77. The number of allylic oxidation sites excluding steroid dienone is 3. The minimum Gasteiger partial charge on any atom is -0.481 e. The average Bonchev–Trinajstić information content (AvgIpc) is 3.30. The van der Waals surface area contributed by atoms with Crippen LogP contribution in [0.25, 0.3) is 17.4 Å². The summed E-state index contributed by atoms with van der Waals surface area (Å²) in [6.07, 6.45) is 9.17. The molecule has 0 amide bonds. The largest absolute Gasteiger partial charge is 0.481 e. The summed E-state index contributed by atoms with van der Waals surface area (Å²) in [6, 6.07) is 11.6. The third-order valence-electron chi connectivity index (χ3n) is 9.37. The van der Waals surface area contributed by atoms with Crippen molar-refractivity contribution >= 4 is 48.1 Å². The van der Waals surface area contributed by atoms with Gasteiger partial charge in [-0.05, 0) is 80.1 Å². The molecule has 1 aromatic carbocycles. The third kappa shape index (κ3) is 11.8. The van der Waals surface area contributed by atoms with Gasteiger partial charge < -0.3 is 19.2 Å². The fourth-order valence-electron chi connectivity index (χ4n) is 6.74. The molecular formula is C36H47N2O13S3+. The second-order valence-electron chi connectivity index (χ2n) is 13.3. The number of rotatable bonds is 20. The first-order valence-corrected chi connectivity index (χ1v) is 22.0. The highest BCUT2D eigenvalue weighted by atomic mass is 32.2. The van der Waals surface area contributed by atoms with Gasteiger partial charge in [-0.2, -0.15) is 25.3 Å². The number of carboxylic acid groups (broad SMARTS) is 1. The Balaban J connectivity index is 1.77. The van der Waals surface area contributed by atoms with Crippen molar-refractivity contribution in [1.82, 2.24) is 4.58 Å². The molecule has 2 aliphatic heterocycles. The molecule has 18 heteroatoms. The molecule has 0 spiro atoms. The topological polar surface area (TPSA) is 229 Å². The Morgan fingerprint density at radius 2 is 1.63 bits per heavy atom. The Morgan fingerprint density at radius 3 is 2.30 bits per heavy atom. The highest BCUT2D eigenvalue weighted by Crippen LogP contribution is 2.51. The molecule has 0 radical (unpaired) electrons. The fourth-order valence-corrected chi connectivity index (χ4v) is 8.25. The predicted octanol–water partition coefficient (Wildman–Crippen LogP) is 4.32. The van der Waals surface area contributed by atoms with E-state index in [-0.39, 0.29) is 36.3 Å². The van der Waals surface area contributed by atoms with Crippen LogP contribution in [0.5, 0.6) is 0 Å². The number of methoxy groups -OCH3 is 1. The maximum absolute atomic E-state index is 12.2. The highest BCUT2D eigenvalue weighted by Gasteiger charge is 2.43. The quantitative estimate of drug-likeness (QED) is 0.0708. The van der Waals surface area contributed by atoms with Crippen LogP contribution in [0.15, 0.2) is 75.9 Å². The molecule has 54 heavy (non-hydrogen) atoms. The van der Waals surface area contributed by atoms with Crippen LogP contribution in [0.4, 0.5) is 5.69 Å². The monoisotopic (exact) mass is 811 g/mol. The van der Waals surface area contributed by atoms with Gasteiger partial charge in [-0.1, -0.05) is 18.6 Å². The zero-order chi connectivity index (χ0) is 39.7. The molecule has 1 aromatic rings. The van der Waals surface area contributed by atoms with E-state index in [1.807, 2.05) is 52.8 Å². The van der Waals surface area contributed by atoms with E-state index in [4.69, 9.17) is 14.3 Å². The van der Waals surface area contributed by atoms with E-state index < -0.39 is 47.5 Å². The SMILES string of the molecule is COCC[N+](CCCS(=O)(=O)O)=c1ccc2c(C=CC=C3N(CCCCCC(=O)O)c4ccc(S(=O)(=O)O)cc4C3(C)CCCS(=O)(=O)O)ccoc-2c1. The molecule has 296 valence electrons. The molecule has 3 aliphatic rings. The maximum Gasteiger partial charge on any atom is 0.303 e. The van der Waals surface area contributed by atoms with E-state index in [0.29, 0.717) is 68.2 Å². The lowest BCUT2D eigenvalue weighted by molar-refractivity contribution is -0.137. The summed E-state index contributed by atoms with van der Waals surface area (Å²) in [6.45, 7) is 3.47. The Hall–Kier alpha value is -3.91. The first kappa shape index (κ1) is 42.8. The first-order valence-electron chi connectivity index (χ1n) is 17.3. The van der Waals surface area contributed by atoms with Gasteiger partial charge in [-0.3, -0.25) is 18.5 Å². The summed E-state index contributed by atoms with van der Waals surface area (Å²) in [5, 5.41) is 9.84. The standard InChI is InChI=1S/C36H46N2O13S3/c1-36(17-7-23-52(41,42)43)31-26-29(54(47,48)49)13-15-32(31)38(19-5-3-4-11-35(39)40)34(36)10-6-9-27-16-21-51-33-25-28(12-14-30(27)33)37(20-22-50-2)18-8-24-53(44,45)46/h6,9-10,12-16,21,25-26H,3-5,7-8,11,17-20,22-24H2,1-2H3,(H3-,39,40,41,42,43,44,45,46,47,48,49)/p+1. The lowest BCUT2D eigenvalue weighted by Gasteiger charge is -2.30. The molecule has 1 unspecified atom stereocenters. The molecule has 1 aliphatic carbocycles. The van der Waals surface area contributed by atoms with E-state index in [9.17, 15) is 43.7 Å². The predicted molar refractivity (Wildman–Crippen MR) is 203 cm³/mol. The molecule has 2 heterocycles. The number of fused-ring (bicyclic) bond motifs is 2. The van der Waals surface area contributed by atoms with E-state index in [0.717, 1.165) is 16.5 Å². The van der Waals surface area contributed by atoms with Gasteiger partial charge in [0.2, 0.25) is 5.36 Å². The third-order valence-corrected chi connectivity index (χ3v) is 11.8. The van der Waals surface area contributed by atoms with Gasteiger partial charge in [-0.15, -0.1) is 0 Å². The number of nitrogens with zero attached hydrogens (tertiary/aromatic N) is 2. The summed E-state index contributed by atoms with van der Waals surface area (Å²) in [5.41, 5.74) is 2.49. The van der Waals surface area contributed by atoms with Gasteiger partial charge in [-0.25, -0.2) is 4.58 Å². The number of carbonyl (C=O) groups is 1. The van der Waals surface area contributed by atoms with Crippen molar-refractivity contribution in [3.05, 3.63) is 83.1 Å². The Morgan fingerprint density at radius 1 is 0.907 bits per heavy atom. The molecule has 15 nitrogen and oxygen atoms in total. The zero-order valence-corrected chi connectivity index (χ0v) is 32.6. The van der Waals surface area contributed by atoms with Crippen LogP contribution in [0.2, 0.25) is 0 Å². The molecule has 0 aromatic heterocycles. The van der Waals surface area contributed by atoms with Crippen LogP contribution in [-0.2, 0) is 45.3 Å². The molecule has 0 bridgehead atoms. The highest BCUT2D eigenvalue weighted by molar-refractivity contribution is 7.86. The normalized spacial score (nSPS) is 17.8. The Bertz CT molecular complexity index is 2250. The molecule has 0 saturated carbocycles. The van der Waals surface area contributed by atoms with E-state index in [2.05, 4.69) is 0 Å². The van der Waals surface area contributed by atoms with Crippen molar-refractivity contribution in [1.29, 1.82) is 0 Å². The van der Waals surface area contributed by atoms with Crippen LogP contribution in [0, 0.1) is 0 Å². The summed E-state index contributed by atoms with van der Waals surface area (Å²) >= 11 is 0. The molecule has 0 saturated heterocycles. The van der Waals surface area contributed by atoms with E-state index >= 15 is 0 Å². The van der Waals surface area contributed by atoms with Gasteiger partial charge in [0.1, 0.15) is 18.9 Å². The van der Waals surface area contributed by atoms with Crippen LogP contribution in [0.3, 0.4) is 0 Å². The summed E-state index contributed by atoms with van der Waals surface area (Å²) in [7, 11) is -11.4. The van der Waals surface area contributed by atoms with Gasteiger partial charge in [0, 0.05) is 54.9 Å². The van der Waals surface area contributed by atoms with Crippen LogP contribution in [-0.4, -0.2) is 94.8 Å². The molecule has 4 rings (SSSR count). The molecule has 0 fully saturated rings. The molecular weight excluding hydrogens is 765 g/mol. The summed E-state index contributed by atoms with van der Waals surface area (Å²) in [4.78, 5) is 12.7. The molecule has 1 atom stereocenters. The Kier molecular flexibility index (Phi) is 14.4. The number of hydrogen-bond donors (Lipinski definition) is 4. The Labute approximate surface area is 315 Å². The second-order valence-corrected chi connectivity index (χ2v) is 17.9. The summed E-state index contributed by atoms with van der Waals surface area (Å²) in [5.74, 6) is -1.25. The van der Waals surface area contributed by atoms with Crippen LogP contribution < -0.4 is 14.8 Å². The average molecular weight is 812 g/mol. The maximum atomic E-state index is 12.2. The number of ether oxygens (including phenoxy) is 1. The van der Waals surface area contributed by atoms with Crippen LogP contribution >= 0.6 is 0 Å². The minimum atomic E-state index is -4.58. The lowest BCUT2D eigenvalue weighted by Crippen LogP contribution is -2.34. The van der Waals surface area contributed by atoms with Crippen molar-refractivity contribution in [3.63, 3.8) is 0 Å². The van der Waals surface area contributed by atoms with Gasteiger partial charge in [0.05, 0.1) is 28.7 Å². The number of unbranched alkanes of at least 4 members (excludes halogenated alkanes) is 2. The number of hydrogen-bond acceptors (Lipinski definition) is 10. The number of anilines is 1.